The first-order valence-corrected chi connectivity index (χ1v) is 9.66. The first-order valence-electron chi connectivity index (χ1n) is 9.66. The molecule has 1 N–H and O–H groups in total. The van der Waals surface area contributed by atoms with Crippen molar-refractivity contribution in [2.24, 2.45) is 5.92 Å². The lowest BCUT2D eigenvalue weighted by molar-refractivity contribution is -0.153. The molecule has 1 aliphatic heterocycles. The number of para-hydroxylation sites is 1. The molecule has 1 saturated carbocycles. The average molecular weight is 367 g/mol. The quantitative estimate of drug-likeness (QED) is 0.843. The third kappa shape index (κ3) is 3.48. The van der Waals surface area contributed by atoms with Gasteiger partial charge in [-0.1, -0.05) is 24.6 Å². The molecule has 1 aliphatic carbocycles. The molecular formula is C21H25N3O3. The van der Waals surface area contributed by atoms with E-state index in [2.05, 4.69) is 10.4 Å². The van der Waals surface area contributed by atoms with E-state index in [1.807, 2.05) is 42.1 Å². The van der Waals surface area contributed by atoms with Gasteiger partial charge in [-0.15, -0.1) is 0 Å². The van der Waals surface area contributed by atoms with E-state index in [1.54, 1.807) is 6.20 Å². The van der Waals surface area contributed by atoms with Crippen molar-refractivity contribution >= 4 is 11.9 Å². The second kappa shape index (κ2) is 7.18. The molecule has 2 aliphatic rings. The van der Waals surface area contributed by atoms with Crippen molar-refractivity contribution in [3.05, 3.63) is 47.8 Å². The second-order valence-corrected chi connectivity index (χ2v) is 7.65. The lowest BCUT2D eigenvalue weighted by Crippen LogP contribution is -2.45. The molecule has 6 nitrogen and oxygen atoms in total. The zero-order valence-corrected chi connectivity index (χ0v) is 15.6. The standard InChI is InChI=1S/C21H25N3O3/c1-15-7-3-4-8-18(15)24-14-16(13-23-24)12-22-20(26)17-11-19(25)27-21(17)9-5-2-6-10-21/h3-4,7-8,13-14,17H,2,5-6,9-12H2,1H3,(H,22,26)/t17-/m1/s1. The highest BCUT2D eigenvalue weighted by atomic mass is 16.6. The molecule has 1 atom stereocenters. The largest absolute Gasteiger partial charge is 0.458 e. The van der Waals surface area contributed by atoms with Crippen molar-refractivity contribution in [2.75, 3.05) is 0 Å². The summed E-state index contributed by atoms with van der Waals surface area (Å²) in [5, 5.41) is 7.39. The molecule has 142 valence electrons. The Morgan fingerprint density at radius 2 is 2.07 bits per heavy atom. The van der Waals surface area contributed by atoms with E-state index in [4.69, 9.17) is 4.74 Å². The summed E-state index contributed by atoms with van der Waals surface area (Å²) in [6.07, 6.45) is 8.64. The van der Waals surface area contributed by atoms with Crippen LogP contribution in [0.1, 0.15) is 49.7 Å². The van der Waals surface area contributed by atoms with Gasteiger partial charge in [0.15, 0.2) is 0 Å². The van der Waals surface area contributed by atoms with E-state index in [9.17, 15) is 9.59 Å². The Morgan fingerprint density at radius 1 is 1.30 bits per heavy atom. The highest BCUT2D eigenvalue weighted by molar-refractivity contribution is 5.87. The van der Waals surface area contributed by atoms with Crippen molar-refractivity contribution in [3.63, 3.8) is 0 Å². The SMILES string of the molecule is Cc1ccccc1-n1cc(CNC(=O)[C@H]2CC(=O)OC23CCCCC3)cn1. The van der Waals surface area contributed by atoms with Gasteiger partial charge in [-0.2, -0.15) is 5.10 Å². The number of hydrogen-bond acceptors (Lipinski definition) is 4. The number of nitrogens with zero attached hydrogens (tertiary/aromatic N) is 2. The minimum absolute atomic E-state index is 0.0913. The number of amides is 1. The smallest absolute Gasteiger partial charge is 0.307 e. The highest BCUT2D eigenvalue weighted by Crippen LogP contribution is 2.44. The number of carbonyl (C=O) groups excluding carboxylic acids is 2. The van der Waals surface area contributed by atoms with Crippen molar-refractivity contribution in [1.82, 2.24) is 15.1 Å². The first-order chi connectivity index (χ1) is 13.1. The summed E-state index contributed by atoms with van der Waals surface area (Å²) in [5.41, 5.74) is 2.50. The molecule has 1 aromatic heterocycles. The number of benzene rings is 1. The van der Waals surface area contributed by atoms with Gasteiger partial charge in [0.05, 0.1) is 24.2 Å². The number of aryl methyl sites for hydroxylation is 1. The summed E-state index contributed by atoms with van der Waals surface area (Å²) in [5.74, 6) is -0.715. The number of rotatable bonds is 4. The van der Waals surface area contributed by atoms with Crippen molar-refractivity contribution in [3.8, 4) is 5.69 Å². The first kappa shape index (κ1) is 17.8. The van der Waals surface area contributed by atoms with Gasteiger partial charge in [0.1, 0.15) is 5.60 Å². The predicted octanol–water partition coefficient (Wildman–Crippen LogP) is 3.06. The van der Waals surface area contributed by atoms with E-state index in [0.29, 0.717) is 6.54 Å². The predicted molar refractivity (Wildman–Crippen MR) is 100 cm³/mol. The van der Waals surface area contributed by atoms with Crippen LogP contribution < -0.4 is 5.32 Å². The molecule has 27 heavy (non-hydrogen) atoms. The van der Waals surface area contributed by atoms with Gasteiger partial charge in [-0.05, 0) is 44.2 Å². The van der Waals surface area contributed by atoms with Crippen LogP contribution >= 0.6 is 0 Å². The van der Waals surface area contributed by atoms with Crippen LogP contribution in [-0.4, -0.2) is 27.3 Å². The van der Waals surface area contributed by atoms with Crippen LogP contribution in [0.25, 0.3) is 5.69 Å². The minimum atomic E-state index is -0.579. The van der Waals surface area contributed by atoms with Gasteiger partial charge in [0, 0.05) is 18.3 Å². The van der Waals surface area contributed by atoms with Crippen LogP contribution in [0.3, 0.4) is 0 Å². The molecule has 4 rings (SSSR count). The normalized spacial score (nSPS) is 21.2. The van der Waals surface area contributed by atoms with Gasteiger partial charge in [-0.3, -0.25) is 9.59 Å². The Balaban J connectivity index is 1.42. The molecule has 2 aromatic rings. The van der Waals surface area contributed by atoms with Gasteiger partial charge >= 0.3 is 5.97 Å². The third-order valence-corrected chi connectivity index (χ3v) is 5.80. The van der Waals surface area contributed by atoms with E-state index >= 15 is 0 Å². The van der Waals surface area contributed by atoms with Crippen molar-refractivity contribution < 1.29 is 14.3 Å². The number of carbonyl (C=O) groups is 2. The van der Waals surface area contributed by atoms with E-state index in [1.165, 1.54) is 0 Å². The Bertz CT molecular complexity index is 852. The van der Waals surface area contributed by atoms with Gasteiger partial charge < -0.3 is 10.1 Å². The van der Waals surface area contributed by atoms with Crippen LogP contribution in [0, 0.1) is 12.8 Å². The molecule has 0 radical (unpaired) electrons. The van der Waals surface area contributed by atoms with Crippen molar-refractivity contribution in [2.45, 2.75) is 57.6 Å². The summed E-state index contributed by atoms with van der Waals surface area (Å²) >= 11 is 0. The number of esters is 1. The van der Waals surface area contributed by atoms with Crippen LogP contribution in [0.5, 0.6) is 0 Å². The summed E-state index contributed by atoms with van der Waals surface area (Å²) < 4.78 is 7.46. The van der Waals surface area contributed by atoms with Crippen LogP contribution in [-0.2, 0) is 20.9 Å². The second-order valence-electron chi connectivity index (χ2n) is 7.65. The molecule has 0 bridgehead atoms. The number of nitrogens with one attached hydrogen (secondary N) is 1. The Labute approximate surface area is 158 Å². The van der Waals surface area contributed by atoms with Crippen LogP contribution in [0.4, 0.5) is 0 Å². The number of hydrogen-bond donors (Lipinski definition) is 1. The number of aromatic nitrogens is 2. The zero-order chi connectivity index (χ0) is 18.9. The summed E-state index contributed by atoms with van der Waals surface area (Å²) in [4.78, 5) is 24.7. The lowest BCUT2D eigenvalue weighted by Gasteiger charge is -2.36. The van der Waals surface area contributed by atoms with Gasteiger partial charge in [-0.25, -0.2) is 4.68 Å². The third-order valence-electron chi connectivity index (χ3n) is 5.80. The highest BCUT2D eigenvalue weighted by Gasteiger charge is 2.52. The fourth-order valence-corrected chi connectivity index (χ4v) is 4.34. The van der Waals surface area contributed by atoms with E-state index in [-0.39, 0.29) is 24.2 Å². The Morgan fingerprint density at radius 3 is 2.85 bits per heavy atom. The Hall–Kier alpha value is -2.63. The maximum atomic E-state index is 12.8. The minimum Gasteiger partial charge on any atom is -0.458 e. The van der Waals surface area contributed by atoms with Crippen LogP contribution in [0.2, 0.25) is 0 Å². The molecule has 2 fully saturated rings. The molecule has 0 unspecified atom stereocenters. The molecule has 6 heteroatoms. The molecule has 1 amide bonds. The molecule has 1 spiro atoms. The lowest BCUT2D eigenvalue weighted by atomic mass is 9.75. The van der Waals surface area contributed by atoms with Crippen LogP contribution in [0.15, 0.2) is 36.7 Å². The fraction of sp³-hybridized carbons (Fsp3) is 0.476. The Kier molecular flexibility index (Phi) is 4.72. The molecule has 2 heterocycles. The van der Waals surface area contributed by atoms with E-state index in [0.717, 1.165) is 48.9 Å². The monoisotopic (exact) mass is 367 g/mol. The average Bonchev–Trinajstić information content (AvgIpc) is 3.25. The molecule has 1 aromatic carbocycles. The van der Waals surface area contributed by atoms with E-state index < -0.39 is 5.60 Å². The maximum absolute atomic E-state index is 12.8. The summed E-state index contributed by atoms with van der Waals surface area (Å²) in [6, 6.07) is 8.03. The van der Waals surface area contributed by atoms with Crippen molar-refractivity contribution in [1.29, 1.82) is 0 Å². The molecule has 1 saturated heterocycles. The fourth-order valence-electron chi connectivity index (χ4n) is 4.34. The summed E-state index contributed by atoms with van der Waals surface area (Å²) in [7, 11) is 0. The summed E-state index contributed by atoms with van der Waals surface area (Å²) in [6.45, 7) is 2.44. The van der Waals surface area contributed by atoms with Gasteiger partial charge in [0.25, 0.3) is 0 Å². The maximum Gasteiger partial charge on any atom is 0.307 e. The number of ether oxygens (including phenoxy) is 1. The van der Waals surface area contributed by atoms with Gasteiger partial charge in [0.2, 0.25) is 5.91 Å². The molecular weight excluding hydrogens is 342 g/mol. The zero-order valence-electron chi connectivity index (χ0n) is 15.6. The topological polar surface area (TPSA) is 73.2 Å².